The fourth-order valence-corrected chi connectivity index (χ4v) is 2.63. The third-order valence-electron chi connectivity index (χ3n) is 2.62. The van der Waals surface area contributed by atoms with Crippen LogP contribution in [0.25, 0.3) is 0 Å². The molecular formula is C12H13N3O3S2. The summed E-state index contributed by atoms with van der Waals surface area (Å²) in [6, 6.07) is 6.25. The number of benzene rings is 1. The van der Waals surface area contributed by atoms with E-state index in [2.05, 4.69) is 10.3 Å². The SMILES string of the molecule is NS(=O)(=O)c1ccc(CCNC(=O)c2cscn2)cc1. The summed E-state index contributed by atoms with van der Waals surface area (Å²) in [5.74, 6) is -0.215. The molecule has 0 aliphatic rings. The molecule has 0 radical (unpaired) electrons. The molecule has 0 atom stereocenters. The van der Waals surface area contributed by atoms with E-state index < -0.39 is 10.0 Å². The number of nitrogens with two attached hydrogens (primary N) is 1. The third-order valence-corrected chi connectivity index (χ3v) is 4.13. The highest BCUT2D eigenvalue weighted by molar-refractivity contribution is 7.89. The summed E-state index contributed by atoms with van der Waals surface area (Å²) in [6.07, 6.45) is 0.598. The molecule has 1 aromatic carbocycles. The summed E-state index contributed by atoms with van der Waals surface area (Å²) >= 11 is 1.36. The van der Waals surface area contributed by atoms with Gasteiger partial charge in [-0.2, -0.15) is 0 Å². The number of nitrogens with one attached hydrogen (secondary N) is 1. The average Bonchev–Trinajstić information content (AvgIpc) is 2.92. The summed E-state index contributed by atoms with van der Waals surface area (Å²) in [5.41, 5.74) is 2.91. The Labute approximate surface area is 120 Å². The number of sulfonamides is 1. The zero-order valence-electron chi connectivity index (χ0n) is 10.4. The van der Waals surface area contributed by atoms with E-state index in [-0.39, 0.29) is 10.8 Å². The molecule has 8 heteroatoms. The lowest BCUT2D eigenvalue weighted by Crippen LogP contribution is -2.25. The lowest BCUT2D eigenvalue weighted by Gasteiger charge is -2.04. The van der Waals surface area contributed by atoms with E-state index in [1.54, 1.807) is 23.0 Å². The Morgan fingerprint density at radius 1 is 1.30 bits per heavy atom. The Morgan fingerprint density at radius 3 is 2.55 bits per heavy atom. The van der Waals surface area contributed by atoms with Crippen molar-refractivity contribution in [3.63, 3.8) is 0 Å². The maximum atomic E-state index is 11.6. The maximum Gasteiger partial charge on any atom is 0.270 e. The van der Waals surface area contributed by atoms with Gasteiger partial charge in [-0.15, -0.1) is 11.3 Å². The van der Waals surface area contributed by atoms with Gasteiger partial charge in [0.15, 0.2) is 0 Å². The van der Waals surface area contributed by atoms with Crippen molar-refractivity contribution in [1.82, 2.24) is 10.3 Å². The normalized spacial score (nSPS) is 11.2. The Balaban J connectivity index is 1.87. The molecule has 0 bridgehead atoms. The minimum absolute atomic E-state index is 0.0766. The van der Waals surface area contributed by atoms with Crippen molar-refractivity contribution in [2.75, 3.05) is 6.54 Å². The number of amides is 1. The Kier molecular flexibility index (Phi) is 4.48. The second-order valence-corrected chi connectivity index (χ2v) is 6.35. The summed E-state index contributed by atoms with van der Waals surface area (Å²) in [7, 11) is -3.66. The zero-order valence-corrected chi connectivity index (χ0v) is 12.1. The molecule has 0 fully saturated rings. The number of hydrogen-bond donors (Lipinski definition) is 2. The lowest BCUT2D eigenvalue weighted by atomic mass is 10.1. The number of primary sulfonamides is 1. The van der Waals surface area contributed by atoms with E-state index in [9.17, 15) is 13.2 Å². The fraction of sp³-hybridized carbons (Fsp3) is 0.167. The smallest absolute Gasteiger partial charge is 0.270 e. The number of aromatic nitrogens is 1. The second kappa shape index (κ2) is 6.12. The van der Waals surface area contributed by atoms with Crippen molar-refractivity contribution in [1.29, 1.82) is 0 Å². The van der Waals surface area contributed by atoms with Gasteiger partial charge in [-0.05, 0) is 24.1 Å². The van der Waals surface area contributed by atoms with Gasteiger partial charge in [0.05, 0.1) is 10.4 Å². The van der Waals surface area contributed by atoms with E-state index in [1.165, 1.54) is 23.5 Å². The van der Waals surface area contributed by atoms with Crippen molar-refractivity contribution in [3.05, 3.63) is 46.4 Å². The predicted octanol–water partition coefficient (Wildman–Crippen LogP) is 0.763. The van der Waals surface area contributed by atoms with Gasteiger partial charge in [0.1, 0.15) is 5.69 Å². The number of nitrogens with zero attached hydrogens (tertiary/aromatic N) is 1. The molecule has 0 saturated carbocycles. The zero-order chi connectivity index (χ0) is 14.6. The molecule has 0 aliphatic carbocycles. The molecule has 6 nitrogen and oxygen atoms in total. The monoisotopic (exact) mass is 311 g/mol. The largest absolute Gasteiger partial charge is 0.350 e. The van der Waals surface area contributed by atoms with Crippen molar-refractivity contribution in [2.24, 2.45) is 5.14 Å². The molecule has 2 rings (SSSR count). The quantitative estimate of drug-likeness (QED) is 0.851. The van der Waals surface area contributed by atoms with Crippen molar-refractivity contribution >= 4 is 27.3 Å². The van der Waals surface area contributed by atoms with Crippen LogP contribution in [0.5, 0.6) is 0 Å². The van der Waals surface area contributed by atoms with E-state index >= 15 is 0 Å². The van der Waals surface area contributed by atoms with Crippen LogP contribution in [-0.2, 0) is 16.4 Å². The molecule has 1 aromatic heterocycles. The van der Waals surface area contributed by atoms with Crippen molar-refractivity contribution in [2.45, 2.75) is 11.3 Å². The molecule has 3 N–H and O–H groups in total. The molecule has 0 spiro atoms. The van der Waals surface area contributed by atoms with E-state index in [4.69, 9.17) is 5.14 Å². The molecule has 1 heterocycles. The highest BCUT2D eigenvalue weighted by atomic mass is 32.2. The summed E-state index contributed by atoms with van der Waals surface area (Å²) in [5, 5.41) is 9.43. The molecule has 106 valence electrons. The molecule has 1 amide bonds. The maximum absolute atomic E-state index is 11.6. The van der Waals surface area contributed by atoms with Gasteiger partial charge in [-0.1, -0.05) is 12.1 Å². The molecule has 0 unspecified atom stereocenters. The molecule has 0 saturated heterocycles. The van der Waals surface area contributed by atoms with Crippen LogP contribution in [0.4, 0.5) is 0 Å². The molecule has 2 aromatic rings. The summed E-state index contributed by atoms with van der Waals surface area (Å²) in [6.45, 7) is 0.449. The first-order valence-corrected chi connectivity index (χ1v) is 8.24. The number of rotatable bonds is 5. The second-order valence-electron chi connectivity index (χ2n) is 4.07. The molecule has 0 aliphatic heterocycles. The van der Waals surface area contributed by atoms with Gasteiger partial charge in [0.2, 0.25) is 10.0 Å². The van der Waals surface area contributed by atoms with Crippen molar-refractivity contribution < 1.29 is 13.2 Å². The first-order valence-electron chi connectivity index (χ1n) is 5.75. The van der Waals surface area contributed by atoms with Crippen LogP contribution in [0.3, 0.4) is 0 Å². The average molecular weight is 311 g/mol. The fourth-order valence-electron chi connectivity index (χ4n) is 1.58. The van der Waals surface area contributed by atoms with Crippen LogP contribution in [0.15, 0.2) is 40.1 Å². The molecular weight excluding hydrogens is 298 g/mol. The topological polar surface area (TPSA) is 102 Å². The Bertz CT molecular complexity index is 679. The first kappa shape index (κ1) is 14.6. The Hall–Kier alpha value is -1.77. The predicted molar refractivity (Wildman–Crippen MR) is 76.0 cm³/mol. The van der Waals surface area contributed by atoms with Crippen LogP contribution < -0.4 is 10.5 Å². The molecule has 20 heavy (non-hydrogen) atoms. The number of carbonyl (C=O) groups is 1. The van der Waals surface area contributed by atoms with Crippen LogP contribution in [0.2, 0.25) is 0 Å². The van der Waals surface area contributed by atoms with Crippen LogP contribution in [0, 0.1) is 0 Å². The van der Waals surface area contributed by atoms with Crippen LogP contribution >= 0.6 is 11.3 Å². The lowest BCUT2D eigenvalue weighted by molar-refractivity contribution is 0.0950. The Morgan fingerprint density at radius 2 is 2.00 bits per heavy atom. The van der Waals surface area contributed by atoms with E-state index in [0.29, 0.717) is 18.7 Å². The van der Waals surface area contributed by atoms with Gasteiger partial charge >= 0.3 is 0 Å². The van der Waals surface area contributed by atoms with Gasteiger partial charge in [-0.25, -0.2) is 18.5 Å². The van der Waals surface area contributed by atoms with Gasteiger partial charge in [-0.3, -0.25) is 4.79 Å². The number of hydrogen-bond acceptors (Lipinski definition) is 5. The van der Waals surface area contributed by atoms with Crippen LogP contribution in [0.1, 0.15) is 16.1 Å². The van der Waals surface area contributed by atoms with Gasteiger partial charge < -0.3 is 5.32 Å². The highest BCUT2D eigenvalue weighted by Gasteiger charge is 2.08. The van der Waals surface area contributed by atoms with Crippen molar-refractivity contribution in [3.8, 4) is 0 Å². The highest BCUT2D eigenvalue weighted by Crippen LogP contribution is 2.09. The van der Waals surface area contributed by atoms with E-state index in [0.717, 1.165) is 5.56 Å². The van der Waals surface area contributed by atoms with E-state index in [1.807, 2.05) is 0 Å². The number of thiazole rings is 1. The first-order chi connectivity index (χ1) is 9.47. The summed E-state index contributed by atoms with van der Waals surface area (Å²) < 4.78 is 22.2. The standard InChI is InChI=1S/C12H13N3O3S2/c13-20(17,18)10-3-1-9(2-4-10)5-6-14-12(16)11-7-19-8-15-11/h1-4,7-8H,5-6H2,(H,14,16)(H2,13,17,18). The van der Waals surface area contributed by atoms with Gasteiger partial charge in [0.25, 0.3) is 5.91 Å². The number of carbonyl (C=O) groups excluding carboxylic acids is 1. The van der Waals surface area contributed by atoms with Crippen LogP contribution in [-0.4, -0.2) is 25.9 Å². The third kappa shape index (κ3) is 3.86. The minimum atomic E-state index is -3.66. The van der Waals surface area contributed by atoms with Gasteiger partial charge in [0, 0.05) is 11.9 Å². The minimum Gasteiger partial charge on any atom is -0.350 e. The summed E-state index contributed by atoms with van der Waals surface area (Å²) in [4.78, 5) is 15.6.